The monoisotopic (exact) mass is 360 g/mol. The molecule has 0 bridgehead atoms. The molecule has 0 amide bonds. The molecule has 1 aromatic heterocycles. The molecule has 0 aliphatic heterocycles. The molecule has 16 heavy (non-hydrogen) atoms. The maximum Gasteiger partial charge on any atom is 0.134 e. The van der Waals surface area contributed by atoms with Crippen LogP contribution in [0.2, 0.25) is 0 Å². The molecule has 1 heterocycles. The molecule has 0 saturated heterocycles. The molecule has 4 heteroatoms. The lowest BCUT2D eigenvalue weighted by Crippen LogP contribution is -1.92. The van der Waals surface area contributed by atoms with Gasteiger partial charge in [-0.15, -0.1) is 11.3 Å². The van der Waals surface area contributed by atoms with E-state index in [9.17, 15) is 0 Å². The Kier molecular flexibility index (Phi) is 4.05. The molecule has 0 saturated carbocycles. The number of benzene rings is 1. The standard InChI is InChI=1S/C12H10Br2OS/c1-15-10-6-7-16-12(10)11(14)8-2-4-9(13)5-3-8/h2-7,11H,1H3. The minimum atomic E-state index is 0.190. The van der Waals surface area contributed by atoms with E-state index in [0.29, 0.717) is 0 Å². The first-order valence-electron chi connectivity index (χ1n) is 4.73. The van der Waals surface area contributed by atoms with Gasteiger partial charge in [0.15, 0.2) is 0 Å². The topological polar surface area (TPSA) is 9.23 Å². The van der Waals surface area contributed by atoms with Crippen LogP contribution in [-0.2, 0) is 0 Å². The van der Waals surface area contributed by atoms with Crippen LogP contribution in [0.1, 0.15) is 15.3 Å². The summed E-state index contributed by atoms with van der Waals surface area (Å²) >= 11 is 8.84. The summed E-state index contributed by atoms with van der Waals surface area (Å²) in [6, 6.07) is 10.3. The van der Waals surface area contributed by atoms with Crippen molar-refractivity contribution in [1.29, 1.82) is 0 Å². The van der Waals surface area contributed by atoms with Gasteiger partial charge in [-0.2, -0.15) is 0 Å². The first kappa shape index (κ1) is 12.1. The fourth-order valence-corrected chi connectivity index (χ4v) is 3.43. The van der Waals surface area contributed by atoms with Gasteiger partial charge in [-0.05, 0) is 29.1 Å². The molecule has 2 aromatic rings. The second-order valence-electron chi connectivity index (χ2n) is 3.27. The zero-order valence-electron chi connectivity index (χ0n) is 8.61. The van der Waals surface area contributed by atoms with E-state index < -0.39 is 0 Å². The normalized spacial score (nSPS) is 12.4. The van der Waals surface area contributed by atoms with Crippen LogP contribution in [0.15, 0.2) is 40.2 Å². The molecule has 84 valence electrons. The Morgan fingerprint density at radius 2 is 1.88 bits per heavy atom. The number of hydrogen-bond donors (Lipinski definition) is 0. The van der Waals surface area contributed by atoms with Crippen molar-refractivity contribution in [2.45, 2.75) is 4.83 Å². The summed E-state index contributed by atoms with van der Waals surface area (Å²) in [5.74, 6) is 0.940. The number of halogens is 2. The van der Waals surface area contributed by atoms with E-state index in [4.69, 9.17) is 4.74 Å². The second-order valence-corrected chi connectivity index (χ2v) is 6.05. The van der Waals surface area contributed by atoms with Gasteiger partial charge in [-0.1, -0.05) is 44.0 Å². The minimum Gasteiger partial charge on any atom is -0.496 e. The predicted octanol–water partition coefficient (Wildman–Crippen LogP) is 5.00. The molecular weight excluding hydrogens is 352 g/mol. The third-order valence-electron chi connectivity index (χ3n) is 2.27. The van der Waals surface area contributed by atoms with Crippen LogP contribution in [0.25, 0.3) is 0 Å². The molecule has 0 radical (unpaired) electrons. The van der Waals surface area contributed by atoms with Gasteiger partial charge in [0.2, 0.25) is 0 Å². The number of ether oxygens (including phenoxy) is 1. The number of hydrogen-bond acceptors (Lipinski definition) is 2. The van der Waals surface area contributed by atoms with E-state index in [2.05, 4.69) is 44.0 Å². The summed E-state index contributed by atoms with van der Waals surface area (Å²) in [6.45, 7) is 0. The number of thiophene rings is 1. The predicted molar refractivity (Wildman–Crippen MR) is 75.8 cm³/mol. The van der Waals surface area contributed by atoms with Crippen molar-refractivity contribution in [2.75, 3.05) is 7.11 Å². The Bertz CT molecular complexity index is 464. The van der Waals surface area contributed by atoms with Crippen molar-refractivity contribution in [1.82, 2.24) is 0 Å². The van der Waals surface area contributed by atoms with Crippen molar-refractivity contribution in [3.63, 3.8) is 0 Å². The lowest BCUT2D eigenvalue weighted by molar-refractivity contribution is 0.413. The van der Waals surface area contributed by atoms with E-state index in [1.54, 1.807) is 18.4 Å². The lowest BCUT2D eigenvalue weighted by Gasteiger charge is -2.10. The van der Waals surface area contributed by atoms with E-state index in [-0.39, 0.29) is 4.83 Å². The largest absolute Gasteiger partial charge is 0.496 e. The van der Waals surface area contributed by atoms with E-state index in [1.807, 2.05) is 23.6 Å². The Morgan fingerprint density at radius 3 is 2.50 bits per heavy atom. The van der Waals surface area contributed by atoms with Crippen LogP contribution in [-0.4, -0.2) is 7.11 Å². The Labute approximate surface area is 116 Å². The van der Waals surface area contributed by atoms with Crippen LogP contribution >= 0.6 is 43.2 Å². The first-order valence-corrected chi connectivity index (χ1v) is 7.32. The minimum absolute atomic E-state index is 0.190. The molecule has 0 fully saturated rings. The van der Waals surface area contributed by atoms with Crippen LogP contribution in [0.4, 0.5) is 0 Å². The van der Waals surface area contributed by atoms with Gasteiger partial charge in [0.25, 0.3) is 0 Å². The summed E-state index contributed by atoms with van der Waals surface area (Å²) in [6.07, 6.45) is 0. The fourth-order valence-electron chi connectivity index (χ4n) is 1.45. The number of rotatable bonds is 3. The van der Waals surface area contributed by atoms with Crippen molar-refractivity contribution in [3.05, 3.63) is 50.6 Å². The van der Waals surface area contributed by atoms with Crippen LogP contribution < -0.4 is 4.74 Å². The summed E-state index contributed by atoms with van der Waals surface area (Å²) < 4.78 is 6.41. The maximum atomic E-state index is 5.32. The van der Waals surface area contributed by atoms with Crippen molar-refractivity contribution in [3.8, 4) is 5.75 Å². The van der Waals surface area contributed by atoms with Gasteiger partial charge in [0, 0.05) is 4.47 Å². The van der Waals surface area contributed by atoms with Crippen molar-refractivity contribution < 1.29 is 4.74 Å². The van der Waals surface area contributed by atoms with Gasteiger partial charge >= 0.3 is 0 Å². The highest BCUT2D eigenvalue weighted by molar-refractivity contribution is 9.10. The highest BCUT2D eigenvalue weighted by Crippen LogP contribution is 2.40. The Morgan fingerprint density at radius 1 is 1.19 bits per heavy atom. The molecule has 1 atom stereocenters. The third kappa shape index (κ3) is 2.50. The third-order valence-corrected chi connectivity index (χ3v) is 5.05. The summed E-state index contributed by atoms with van der Waals surface area (Å²) in [4.78, 5) is 1.39. The van der Waals surface area contributed by atoms with Gasteiger partial charge in [0.05, 0.1) is 16.8 Å². The second kappa shape index (κ2) is 5.34. The molecular formula is C12H10Br2OS. The fraction of sp³-hybridized carbons (Fsp3) is 0.167. The SMILES string of the molecule is COc1ccsc1C(Br)c1ccc(Br)cc1. The molecule has 1 nitrogen and oxygen atoms in total. The molecule has 0 aliphatic carbocycles. The van der Waals surface area contributed by atoms with Crippen LogP contribution in [0, 0.1) is 0 Å². The average Bonchev–Trinajstić information content (AvgIpc) is 2.77. The van der Waals surface area contributed by atoms with E-state index in [1.165, 1.54) is 10.4 Å². The number of methoxy groups -OCH3 is 1. The quantitative estimate of drug-likeness (QED) is 0.698. The summed E-state index contributed by atoms with van der Waals surface area (Å²) in [7, 11) is 1.70. The van der Waals surface area contributed by atoms with Gasteiger partial charge in [0.1, 0.15) is 5.75 Å². The lowest BCUT2D eigenvalue weighted by atomic mass is 10.1. The maximum absolute atomic E-state index is 5.32. The molecule has 1 unspecified atom stereocenters. The van der Waals surface area contributed by atoms with Crippen LogP contribution in [0.5, 0.6) is 5.75 Å². The molecule has 0 spiro atoms. The Balaban J connectivity index is 2.31. The average molecular weight is 362 g/mol. The zero-order chi connectivity index (χ0) is 11.5. The highest BCUT2D eigenvalue weighted by Gasteiger charge is 2.16. The van der Waals surface area contributed by atoms with Gasteiger partial charge < -0.3 is 4.74 Å². The molecule has 0 N–H and O–H groups in total. The number of alkyl halides is 1. The first-order chi connectivity index (χ1) is 7.72. The highest BCUT2D eigenvalue weighted by atomic mass is 79.9. The zero-order valence-corrected chi connectivity index (χ0v) is 12.6. The Hall–Kier alpha value is -0.320. The summed E-state index contributed by atoms with van der Waals surface area (Å²) in [5.41, 5.74) is 1.23. The van der Waals surface area contributed by atoms with E-state index in [0.717, 1.165) is 10.2 Å². The van der Waals surface area contributed by atoms with Crippen molar-refractivity contribution in [2.24, 2.45) is 0 Å². The smallest absolute Gasteiger partial charge is 0.134 e. The van der Waals surface area contributed by atoms with E-state index >= 15 is 0 Å². The van der Waals surface area contributed by atoms with Crippen LogP contribution in [0.3, 0.4) is 0 Å². The molecule has 0 aliphatic rings. The van der Waals surface area contributed by atoms with Gasteiger partial charge in [-0.25, -0.2) is 0 Å². The van der Waals surface area contributed by atoms with Crippen molar-refractivity contribution >= 4 is 43.2 Å². The molecule has 1 aromatic carbocycles. The summed E-state index contributed by atoms with van der Waals surface area (Å²) in [5, 5.41) is 2.04. The van der Waals surface area contributed by atoms with Gasteiger partial charge in [-0.3, -0.25) is 0 Å². The molecule has 2 rings (SSSR count).